The highest BCUT2D eigenvalue weighted by Crippen LogP contribution is 2.18. The Morgan fingerprint density at radius 1 is 0.767 bits per heavy atom. The van der Waals surface area contributed by atoms with Crippen LogP contribution in [-0.2, 0) is 0 Å². The average Bonchev–Trinajstić information content (AvgIpc) is 2.80. The van der Waals surface area contributed by atoms with Crippen molar-refractivity contribution in [2.75, 3.05) is 0 Å². The van der Waals surface area contributed by atoms with Gasteiger partial charge in [-0.25, -0.2) is 10.2 Å². The van der Waals surface area contributed by atoms with Crippen molar-refractivity contribution in [3.8, 4) is 5.75 Å². The number of carbonyl (C=O) groups excluding carboxylic acids is 2. The van der Waals surface area contributed by atoms with Crippen molar-refractivity contribution in [3.63, 3.8) is 0 Å². The second-order valence-electron chi connectivity index (χ2n) is 6.55. The van der Waals surface area contributed by atoms with Gasteiger partial charge in [0.1, 0.15) is 5.75 Å². The lowest BCUT2D eigenvalue weighted by Crippen LogP contribution is -2.17. The average molecular weight is 394 g/mol. The smallest absolute Gasteiger partial charge is 0.343 e. The minimum atomic E-state index is -0.417. The molecule has 0 saturated heterocycles. The number of carbonyl (C=O) groups is 2. The summed E-state index contributed by atoms with van der Waals surface area (Å²) in [7, 11) is 0. The Kier molecular flexibility index (Phi) is 5.62. The van der Waals surface area contributed by atoms with Gasteiger partial charge in [0.25, 0.3) is 5.91 Å². The van der Waals surface area contributed by atoms with Crippen LogP contribution in [0.1, 0.15) is 26.3 Å². The lowest BCUT2D eigenvalue weighted by molar-refractivity contribution is 0.0734. The number of esters is 1. The third-order valence-electron chi connectivity index (χ3n) is 4.51. The molecule has 0 aliphatic rings. The highest BCUT2D eigenvalue weighted by atomic mass is 16.5. The number of hydrazone groups is 1. The number of hydrogen-bond acceptors (Lipinski definition) is 4. The monoisotopic (exact) mass is 394 g/mol. The number of fused-ring (bicyclic) bond motifs is 1. The molecule has 0 aromatic heterocycles. The Hall–Kier alpha value is -4.25. The van der Waals surface area contributed by atoms with E-state index in [2.05, 4.69) is 10.5 Å². The Morgan fingerprint density at radius 3 is 2.27 bits per heavy atom. The molecule has 0 aliphatic heterocycles. The molecule has 4 rings (SSSR count). The van der Waals surface area contributed by atoms with Crippen molar-refractivity contribution < 1.29 is 14.3 Å². The first-order valence-corrected chi connectivity index (χ1v) is 9.39. The van der Waals surface area contributed by atoms with Crippen molar-refractivity contribution in [3.05, 3.63) is 114 Å². The highest BCUT2D eigenvalue weighted by Gasteiger charge is 2.09. The van der Waals surface area contributed by atoms with Gasteiger partial charge in [-0.05, 0) is 58.8 Å². The van der Waals surface area contributed by atoms with Gasteiger partial charge in [-0.3, -0.25) is 4.79 Å². The summed E-state index contributed by atoms with van der Waals surface area (Å²) in [5.74, 6) is -0.267. The predicted molar refractivity (Wildman–Crippen MR) is 117 cm³/mol. The lowest BCUT2D eigenvalue weighted by atomic mass is 10.0. The van der Waals surface area contributed by atoms with Crippen molar-refractivity contribution >= 4 is 28.9 Å². The summed E-state index contributed by atoms with van der Waals surface area (Å²) in [6, 6.07) is 28.9. The maximum atomic E-state index is 12.5. The molecular formula is C25H18N2O3. The molecule has 0 radical (unpaired) electrons. The van der Waals surface area contributed by atoms with Gasteiger partial charge >= 0.3 is 5.97 Å². The van der Waals surface area contributed by atoms with Gasteiger partial charge in [-0.2, -0.15) is 5.10 Å². The van der Waals surface area contributed by atoms with Crippen LogP contribution in [0.3, 0.4) is 0 Å². The van der Waals surface area contributed by atoms with Crippen LogP contribution < -0.4 is 10.2 Å². The summed E-state index contributed by atoms with van der Waals surface area (Å²) >= 11 is 0. The molecule has 1 N–H and O–H groups in total. The quantitative estimate of drug-likeness (QED) is 0.228. The van der Waals surface area contributed by atoms with Crippen LogP contribution in [0.15, 0.2) is 102 Å². The molecule has 0 heterocycles. The number of amides is 1. The van der Waals surface area contributed by atoms with E-state index in [-0.39, 0.29) is 5.91 Å². The molecule has 0 unspecified atom stereocenters. The largest absolute Gasteiger partial charge is 0.423 e. The molecule has 0 fully saturated rings. The van der Waals surface area contributed by atoms with Crippen LogP contribution in [0.5, 0.6) is 5.75 Å². The third-order valence-corrected chi connectivity index (χ3v) is 4.51. The van der Waals surface area contributed by atoms with Crippen molar-refractivity contribution in [2.45, 2.75) is 0 Å². The van der Waals surface area contributed by atoms with Gasteiger partial charge in [0.15, 0.2) is 0 Å². The molecule has 30 heavy (non-hydrogen) atoms. The molecular weight excluding hydrogens is 376 g/mol. The van der Waals surface area contributed by atoms with E-state index in [4.69, 9.17) is 4.74 Å². The Labute approximate surface area is 173 Å². The molecule has 4 aromatic carbocycles. The Bertz CT molecular complexity index is 1210. The van der Waals surface area contributed by atoms with Crippen LogP contribution >= 0.6 is 0 Å². The number of nitrogens with one attached hydrogen (secondary N) is 1. The Morgan fingerprint density at radius 2 is 1.47 bits per heavy atom. The topological polar surface area (TPSA) is 67.8 Å². The van der Waals surface area contributed by atoms with Gasteiger partial charge in [-0.1, -0.05) is 54.6 Å². The zero-order chi connectivity index (χ0) is 20.8. The lowest BCUT2D eigenvalue weighted by Gasteiger charge is -2.05. The number of ether oxygens (including phenoxy) is 1. The number of nitrogens with zero attached hydrogens (tertiary/aromatic N) is 1. The molecule has 0 aliphatic carbocycles. The number of benzene rings is 4. The second-order valence-corrected chi connectivity index (χ2v) is 6.55. The van der Waals surface area contributed by atoms with E-state index >= 15 is 0 Å². The summed E-state index contributed by atoms with van der Waals surface area (Å²) in [6.45, 7) is 0. The van der Waals surface area contributed by atoms with Gasteiger partial charge < -0.3 is 4.74 Å². The van der Waals surface area contributed by atoms with Crippen LogP contribution in [0.4, 0.5) is 0 Å². The van der Waals surface area contributed by atoms with E-state index in [1.54, 1.807) is 54.6 Å². The van der Waals surface area contributed by atoms with Crippen molar-refractivity contribution in [1.29, 1.82) is 0 Å². The third kappa shape index (κ3) is 4.42. The summed E-state index contributed by atoms with van der Waals surface area (Å²) in [4.78, 5) is 24.6. The van der Waals surface area contributed by atoms with Crippen molar-refractivity contribution in [2.24, 2.45) is 5.10 Å². The summed E-state index contributed by atoms with van der Waals surface area (Å²) in [6.07, 6.45) is 1.53. The fourth-order valence-corrected chi connectivity index (χ4v) is 3.01. The first kappa shape index (κ1) is 19.1. The number of rotatable bonds is 5. The van der Waals surface area contributed by atoms with E-state index in [0.29, 0.717) is 16.9 Å². The molecule has 0 bridgehead atoms. The van der Waals surface area contributed by atoms with Crippen LogP contribution in [0, 0.1) is 0 Å². The molecule has 0 saturated carbocycles. The standard InChI is InChI=1S/C25H18N2O3/c28-24(23-12-6-10-19-7-4-5-11-22(19)23)27-26-17-18-13-15-21(16-14-18)30-25(29)20-8-2-1-3-9-20/h1-17H,(H,27,28)/b26-17-. The second kappa shape index (κ2) is 8.84. The fourth-order valence-electron chi connectivity index (χ4n) is 3.01. The minimum Gasteiger partial charge on any atom is -0.423 e. The van der Waals surface area contributed by atoms with Crippen LogP contribution in [-0.4, -0.2) is 18.1 Å². The van der Waals surface area contributed by atoms with E-state index in [1.807, 2.05) is 42.5 Å². The molecule has 5 nitrogen and oxygen atoms in total. The molecule has 0 spiro atoms. The molecule has 0 atom stereocenters. The predicted octanol–water partition coefficient (Wildman–Crippen LogP) is 4.82. The normalized spacial score (nSPS) is 10.8. The van der Waals surface area contributed by atoms with E-state index in [1.165, 1.54) is 6.21 Å². The van der Waals surface area contributed by atoms with Gasteiger partial charge in [0, 0.05) is 5.56 Å². The van der Waals surface area contributed by atoms with Crippen LogP contribution in [0.25, 0.3) is 10.8 Å². The maximum Gasteiger partial charge on any atom is 0.343 e. The van der Waals surface area contributed by atoms with E-state index in [9.17, 15) is 9.59 Å². The minimum absolute atomic E-state index is 0.281. The zero-order valence-electron chi connectivity index (χ0n) is 16.0. The van der Waals surface area contributed by atoms with E-state index in [0.717, 1.165) is 16.3 Å². The fraction of sp³-hybridized carbons (Fsp3) is 0. The van der Waals surface area contributed by atoms with Crippen LogP contribution in [0.2, 0.25) is 0 Å². The maximum absolute atomic E-state index is 12.5. The SMILES string of the molecule is O=C(Oc1ccc(/C=N\NC(=O)c2cccc3ccccc23)cc1)c1ccccc1. The summed E-state index contributed by atoms with van der Waals surface area (Å²) in [5.41, 5.74) is 4.36. The molecule has 1 amide bonds. The van der Waals surface area contributed by atoms with E-state index < -0.39 is 5.97 Å². The first-order valence-electron chi connectivity index (χ1n) is 9.39. The zero-order valence-corrected chi connectivity index (χ0v) is 16.0. The first-order chi connectivity index (χ1) is 14.7. The highest BCUT2D eigenvalue weighted by molar-refractivity contribution is 6.07. The van der Waals surface area contributed by atoms with Gasteiger partial charge in [0.2, 0.25) is 0 Å². The number of hydrogen-bond donors (Lipinski definition) is 1. The summed E-state index contributed by atoms with van der Waals surface area (Å²) in [5, 5.41) is 5.90. The molecule has 4 aromatic rings. The van der Waals surface area contributed by atoms with Gasteiger partial charge in [-0.15, -0.1) is 0 Å². The summed E-state index contributed by atoms with van der Waals surface area (Å²) < 4.78 is 5.34. The van der Waals surface area contributed by atoms with Crippen molar-refractivity contribution in [1.82, 2.24) is 5.43 Å². The Balaban J connectivity index is 1.38. The molecule has 146 valence electrons. The molecule has 5 heteroatoms. The van der Waals surface area contributed by atoms with Gasteiger partial charge in [0.05, 0.1) is 11.8 Å².